The quantitative estimate of drug-likeness (QED) is 0.905. The molecule has 0 aliphatic rings. The molecular formula is C12H13BrN4O. The first-order valence-electron chi connectivity index (χ1n) is 5.39. The summed E-state index contributed by atoms with van der Waals surface area (Å²) in [5.74, 6) is -0.496. The first kappa shape index (κ1) is 12.8. The number of nitrogens with two attached hydrogens (primary N) is 2. The lowest BCUT2D eigenvalue weighted by molar-refractivity contribution is 0.100. The van der Waals surface area contributed by atoms with E-state index in [9.17, 15) is 4.79 Å². The Hall–Kier alpha value is -1.66. The fraction of sp³-hybridized carbons (Fsp3) is 0.167. The molecule has 0 aliphatic carbocycles. The molecule has 0 saturated carbocycles. The van der Waals surface area contributed by atoms with E-state index in [1.807, 2.05) is 25.1 Å². The van der Waals surface area contributed by atoms with E-state index in [-0.39, 0.29) is 6.04 Å². The van der Waals surface area contributed by atoms with E-state index < -0.39 is 5.91 Å². The van der Waals surface area contributed by atoms with E-state index in [1.165, 1.54) is 6.20 Å². The second kappa shape index (κ2) is 4.91. The lowest BCUT2D eigenvalue weighted by Gasteiger charge is -2.09. The number of aromatic nitrogens is 2. The van der Waals surface area contributed by atoms with Gasteiger partial charge in [-0.3, -0.25) is 4.79 Å². The Labute approximate surface area is 113 Å². The van der Waals surface area contributed by atoms with Crippen LogP contribution in [0.25, 0.3) is 5.69 Å². The molecule has 1 heterocycles. The Morgan fingerprint density at radius 2 is 2.22 bits per heavy atom. The predicted octanol–water partition coefficient (Wildman–Crippen LogP) is 1.75. The predicted molar refractivity (Wildman–Crippen MR) is 72.4 cm³/mol. The first-order chi connectivity index (χ1) is 8.49. The van der Waals surface area contributed by atoms with Gasteiger partial charge in [0.05, 0.1) is 17.4 Å². The number of halogens is 1. The summed E-state index contributed by atoms with van der Waals surface area (Å²) >= 11 is 3.47. The van der Waals surface area contributed by atoms with E-state index in [2.05, 4.69) is 21.0 Å². The topological polar surface area (TPSA) is 86.9 Å². The van der Waals surface area contributed by atoms with Crippen LogP contribution in [0.1, 0.15) is 28.9 Å². The summed E-state index contributed by atoms with van der Waals surface area (Å²) in [7, 11) is 0. The number of primary amides is 1. The molecule has 94 valence electrons. The second-order valence-electron chi connectivity index (χ2n) is 4.04. The standard InChI is InChI=1S/C12H13BrN4O/c1-7(14)8-2-3-11(10(13)4-8)17-6-9(5-16-17)12(15)18/h2-7H,14H2,1H3,(H2,15,18). The van der Waals surface area contributed by atoms with Crippen molar-refractivity contribution in [2.45, 2.75) is 13.0 Å². The zero-order valence-electron chi connectivity index (χ0n) is 9.80. The van der Waals surface area contributed by atoms with Crippen LogP contribution in [0.3, 0.4) is 0 Å². The number of nitrogens with zero attached hydrogens (tertiary/aromatic N) is 2. The number of hydrogen-bond donors (Lipinski definition) is 2. The lowest BCUT2D eigenvalue weighted by atomic mass is 10.1. The minimum Gasteiger partial charge on any atom is -0.366 e. The third kappa shape index (κ3) is 2.44. The number of carbonyl (C=O) groups is 1. The van der Waals surface area contributed by atoms with Crippen molar-refractivity contribution in [1.29, 1.82) is 0 Å². The molecule has 2 aromatic rings. The number of rotatable bonds is 3. The fourth-order valence-electron chi connectivity index (χ4n) is 1.57. The van der Waals surface area contributed by atoms with Gasteiger partial charge in [-0.2, -0.15) is 5.10 Å². The van der Waals surface area contributed by atoms with E-state index >= 15 is 0 Å². The van der Waals surface area contributed by atoms with Gasteiger partial charge in [-0.15, -0.1) is 0 Å². The van der Waals surface area contributed by atoms with Gasteiger partial charge in [-0.25, -0.2) is 4.68 Å². The van der Waals surface area contributed by atoms with Crippen LogP contribution in [0, 0.1) is 0 Å². The van der Waals surface area contributed by atoms with Crippen LogP contribution in [0.15, 0.2) is 35.1 Å². The highest BCUT2D eigenvalue weighted by Crippen LogP contribution is 2.24. The van der Waals surface area contributed by atoms with Crippen LogP contribution in [-0.4, -0.2) is 15.7 Å². The summed E-state index contributed by atoms with van der Waals surface area (Å²) in [6.45, 7) is 1.92. The third-order valence-electron chi connectivity index (χ3n) is 2.61. The molecule has 1 aromatic carbocycles. The normalized spacial score (nSPS) is 12.4. The molecule has 2 rings (SSSR count). The molecule has 4 N–H and O–H groups in total. The van der Waals surface area contributed by atoms with Gasteiger partial charge in [0, 0.05) is 16.7 Å². The highest BCUT2D eigenvalue weighted by molar-refractivity contribution is 9.10. The summed E-state index contributed by atoms with van der Waals surface area (Å²) in [6, 6.07) is 5.72. The largest absolute Gasteiger partial charge is 0.366 e. The summed E-state index contributed by atoms with van der Waals surface area (Å²) in [4.78, 5) is 11.0. The van der Waals surface area contributed by atoms with Crippen LogP contribution in [0.4, 0.5) is 0 Å². The Morgan fingerprint density at radius 1 is 1.50 bits per heavy atom. The van der Waals surface area contributed by atoms with E-state index in [0.717, 1.165) is 15.7 Å². The van der Waals surface area contributed by atoms with Crippen molar-refractivity contribution < 1.29 is 4.79 Å². The van der Waals surface area contributed by atoms with Crippen molar-refractivity contribution in [2.24, 2.45) is 11.5 Å². The Morgan fingerprint density at radius 3 is 2.72 bits per heavy atom. The fourth-order valence-corrected chi connectivity index (χ4v) is 2.15. The molecular weight excluding hydrogens is 296 g/mol. The first-order valence-corrected chi connectivity index (χ1v) is 6.18. The summed E-state index contributed by atoms with van der Waals surface area (Å²) in [5.41, 5.74) is 13.2. The van der Waals surface area contributed by atoms with Crippen LogP contribution in [-0.2, 0) is 0 Å². The molecule has 0 radical (unpaired) electrons. The molecule has 0 saturated heterocycles. The lowest BCUT2D eigenvalue weighted by Crippen LogP contribution is -2.09. The smallest absolute Gasteiger partial charge is 0.251 e. The van der Waals surface area contributed by atoms with Crippen molar-refractivity contribution in [2.75, 3.05) is 0 Å². The molecule has 1 amide bonds. The van der Waals surface area contributed by atoms with E-state index in [4.69, 9.17) is 11.5 Å². The molecule has 6 heteroatoms. The summed E-state index contributed by atoms with van der Waals surface area (Å²) < 4.78 is 2.45. The maximum absolute atomic E-state index is 11.0. The number of benzene rings is 1. The van der Waals surface area contributed by atoms with Gasteiger partial charge in [0.2, 0.25) is 0 Å². The van der Waals surface area contributed by atoms with Gasteiger partial charge in [0.1, 0.15) is 0 Å². The van der Waals surface area contributed by atoms with Gasteiger partial charge in [0.25, 0.3) is 5.91 Å². The van der Waals surface area contributed by atoms with Gasteiger partial charge < -0.3 is 11.5 Å². The third-order valence-corrected chi connectivity index (χ3v) is 3.25. The van der Waals surface area contributed by atoms with Crippen LogP contribution < -0.4 is 11.5 Å². The average molecular weight is 309 g/mol. The molecule has 18 heavy (non-hydrogen) atoms. The molecule has 5 nitrogen and oxygen atoms in total. The van der Waals surface area contributed by atoms with Crippen molar-refractivity contribution in [1.82, 2.24) is 9.78 Å². The van der Waals surface area contributed by atoms with Crippen molar-refractivity contribution in [3.05, 3.63) is 46.2 Å². The van der Waals surface area contributed by atoms with Gasteiger partial charge in [-0.05, 0) is 40.5 Å². The minimum atomic E-state index is -0.496. The number of amides is 1. The number of hydrogen-bond acceptors (Lipinski definition) is 3. The molecule has 1 unspecified atom stereocenters. The van der Waals surface area contributed by atoms with Crippen LogP contribution in [0.2, 0.25) is 0 Å². The van der Waals surface area contributed by atoms with Crippen molar-refractivity contribution in [3.8, 4) is 5.69 Å². The second-order valence-corrected chi connectivity index (χ2v) is 4.89. The average Bonchev–Trinajstić information content (AvgIpc) is 2.78. The molecule has 1 atom stereocenters. The van der Waals surface area contributed by atoms with Crippen molar-refractivity contribution in [3.63, 3.8) is 0 Å². The Kier molecular flexibility index (Phi) is 3.49. The monoisotopic (exact) mass is 308 g/mol. The van der Waals surface area contributed by atoms with E-state index in [0.29, 0.717) is 5.56 Å². The molecule has 0 spiro atoms. The molecule has 0 aliphatic heterocycles. The van der Waals surface area contributed by atoms with Gasteiger partial charge in [0.15, 0.2) is 0 Å². The maximum atomic E-state index is 11.0. The summed E-state index contributed by atoms with van der Waals surface area (Å²) in [5, 5.41) is 4.10. The number of carbonyl (C=O) groups excluding carboxylic acids is 1. The van der Waals surface area contributed by atoms with Crippen molar-refractivity contribution >= 4 is 21.8 Å². The minimum absolute atomic E-state index is 0.0332. The highest BCUT2D eigenvalue weighted by Gasteiger charge is 2.09. The summed E-state index contributed by atoms with van der Waals surface area (Å²) in [6.07, 6.45) is 3.03. The van der Waals surface area contributed by atoms with Crippen LogP contribution in [0.5, 0.6) is 0 Å². The zero-order valence-corrected chi connectivity index (χ0v) is 11.4. The highest BCUT2D eigenvalue weighted by atomic mass is 79.9. The van der Waals surface area contributed by atoms with Crippen LogP contribution >= 0.6 is 15.9 Å². The van der Waals surface area contributed by atoms with Gasteiger partial charge >= 0.3 is 0 Å². The Balaban J connectivity index is 2.41. The molecule has 0 bridgehead atoms. The van der Waals surface area contributed by atoms with Gasteiger partial charge in [-0.1, -0.05) is 6.07 Å². The molecule has 0 fully saturated rings. The maximum Gasteiger partial charge on any atom is 0.251 e. The molecule has 1 aromatic heterocycles. The SMILES string of the molecule is CC(N)c1ccc(-n2cc(C(N)=O)cn2)c(Br)c1. The Bertz CT molecular complexity index is 592. The zero-order chi connectivity index (χ0) is 13.3. The van der Waals surface area contributed by atoms with E-state index in [1.54, 1.807) is 10.9 Å².